The highest BCUT2D eigenvalue weighted by Gasteiger charge is 2.33. The molecule has 6 heteroatoms. The van der Waals surface area contributed by atoms with Gasteiger partial charge in [0, 0.05) is 13.5 Å². The molecule has 3 amide bonds. The van der Waals surface area contributed by atoms with Gasteiger partial charge in [0.05, 0.1) is 6.04 Å². The number of hydrogen-bond donors (Lipinski definition) is 2. The average Bonchev–Trinajstić information content (AvgIpc) is 2.48. The molecule has 3 N–H and O–H groups in total. The first-order valence-electron chi connectivity index (χ1n) is 6.89. The van der Waals surface area contributed by atoms with Gasteiger partial charge in [-0.25, -0.2) is 0 Å². The van der Waals surface area contributed by atoms with E-state index in [1.54, 1.807) is 0 Å². The minimum absolute atomic E-state index is 0.223. The fourth-order valence-corrected chi connectivity index (χ4v) is 2.29. The summed E-state index contributed by atoms with van der Waals surface area (Å²) in [5.74, 6) is -0.981. The number of imide groups is 1. The molecule has 1 aliphatic rings. The van der Waals surface area contributed by atoms with Crippen molar-refractivity contribution in [1.29, 1.82) is 0 Å². The predicted octanol–water partition coefficient (Wildman–Crippen LogP) is -0.180. The van der Waals surface area contributed by atoms with Crippen LogP contribution in [0.4, 0.5) is 0 Å². The number of piperidine rings is 1. The van der Waals surface area contributed by atoms with Gasteiger partial charge in [-0.15, -0.1) is 0 Å². The van der Waals surface area contributed by atoms with Crippen LogP contribution in [0.5, 0.6) is 0 Å². The normalized spacial score (nSPS) is 20.3. The Bertz CT molecular complexity index is 544. The van der Waals surface area contributed by atoms with Crippen molar-refractivity contribution < 1.29 is 14.4 Å². The molecular weight excluding hydrogens is 270 g/mol. The Morgan fingerprint density at radius 2 is 2.05 bits per heavy atom. The van der Waals surface area contributed by atoms with E-state index < -0.39 is 12.1 Å². The zero-order chi connectivity index (χ0) is 15.4. The highest BCUT2D eigenvalue weighted by molar-refractivity contribution is 6.01. The van der Waals surface area contributed by atoms with Crippen LogP contribution in [0.2, 0.25) is 0 Å². The molecule has 112 valence electrons. The molecule has 0 spiro atoms. The Hall–Kier alpha value is -2.21. The van der Waals surface area contributed by atoms with E-state index in [1.165, 1.54) is 7.05 Å². The van der Waals surface area contributed by atoms with Gasteiger partial charge in [-0.05, 0) is 18.4 Å². The van der Waals surface area contributed by atoms with Gasteiger partial charge in [0.15, 0.2) is 0 Å². The molecule has 2 rings (SSSR count). The molecule has 1 unspecified atom stereocenters. The van der Waals surface area contributed by atoms with Crippen molar-refractivity contribution in [3.05, 3.63) is 35.9 Å². The molecule has 1 saturated heterocycles. The summed E-state index contributed by atoms with van der Waals surface area (Å²) in [6.07, 6.45) is 0.981. The molecule has 1 aromatic rings. The number of likely N-dealkylation sites (N-methyl/N-ethyl adjacent to an activating group) is 1. The number of hydrogen-bond acceptors (Lipinski definition) is 4. The van der Waals surface area contributed by atoms with E-state index in [4.69, 9.17) is 5.73 Å². The van der Waals surface area contributed by atoms with Gasteiger partial charge in [0.1, 0.15) is 6.04 Å². The van der Waals surface area contributed by atoms with Crippen molar-refractivity contribution in [2.45, 2.75) is 31.3 Å². The maximum atomic E-state index is 12.1. The molecular formula is C15H19N3O3. The van der Waals surface area contributed by atoms with Crippen LogP contribution in [-0.4, -0.2) is 41.8 Å². The fraction of sp³-hybridized carbons (Fsp3) is 0.400. The van der Waals surface area contributed by atoms with Gasteiger partial charge in [-0.2, -0.15) is 0 Å². The van der Waals surface area contributed by atoms with Gasteiger partial charge in [0.25, 0.3) is 5.91 Å². The van der Waals surface area contributed by atoms with E-state index in [-0.39, 0.29) is 24.1 Å². The second kappa shape index (κ2) is 6.49. The number of nitrogens with two attached hydrogens (primary N) is 1. The quantitative estimate of drug-likeness (QED) is 0.752. The van der Waals surface area contributed by atoms with Crippen molar-refractivity contribution in [2.75, 3.05) is 7.05 Å². The molecule has 1 fully saturated rings. The first-order chi connectivity index (χ1) is 9.99. The van der Waals surface area contributed by atoms with E-state index in [2.05, 4.69) is 5.32 Å². The third-order valence-corrected chi connectivity index (χ3v) is 3.60. The Morgan fingerprint density at radius 3 is 2.71 bits per heavy atom. The molecule has 0 aliphatic carbocycles. The number of nitrogens with one attached hydrogen (secondary N) is 1. The number of amides is 3. The Morgan fingerprint density at radius 1 is 1.38 bits per heavy atom. The molecule has 0 aromatic heterocycles. The van der Waals surface area contributed by atoms with E-state index in [0.29, 0.717) is 12.8 Å². The van der Waals surface area contributed by atoms with Gasteiger partial charge in [0.2, 0.25) is 11.8 Å². The smallest absolute Gasteiger partial charge is 0.251 e. The van der Waals surface area contributed by atoms with Crippen LogP contribution in [0.25, 0.3) is 0 Å². The lowest BCUT2D eigenvalue weighted by molar-refractivity contribution is -0.149. The van der Waals surface area contributed by atoms with Crippen molar-refractivity contribution in [2.24, 2.45) is 5.73 Å². The predicted molar refractivity (Wildman–Crippen MR) is 77.1 cm³/mol. The van der Waals surface area contributed by atoms with Crippen LogP contribution < -0.4 is 11.1 Å². The monoisotopic (exact) mass is 289 g/mol. The van der Waals surface area contributed by atoms with E-state index in [9.17, 15) is 14.4 Å². The summed E-state index contributed by atoms with van der Waals surface area (Å²) >= 11 is 0. The minimum Gasteiger partial charge on any atom is -0.343 e. The lowest BCUT2D eigenvalue weighted by atomic mass is 10.0. The molecule has 21 heavy (non-hydrogen) atoms. The topological polar surface area (TPSA) is 92.5 Å². The fourth-order valence-electron chi connectivity index (χ4n) is 2.29. The number of carbonyl (C=O) groups is 3. The summed E-state index contributed by atoms with van der Waals surface area (Å²) in [6.45, 7) is 0. The minimum atomic E-state index is -0.719. The Balaban J connectivity index is 1.92. The SMILES string of the molecule is CN1C(=O)CCC(NC(=O)[C@H](N)Cc2ccccc2)C1=O. The van der Waals surface area contributed by atoms with Crippen LogP contribution in [0, 0.1) is 0 Å². The van der Waals surface area contributed by atoms with E-state index in [0.717, 1.165) is 10.5 Å². The summed E-state index contributed by atoms with van der Waals surface area (Å²) < 4.78 is 0. The molecule has 1 heterocycles. The molecule has 0 saturated carbocycles. The molecule has 1 aromatic carbocycles. The van der Waals surface area contributed by atoms with Crippen LogP contribution in [0.1, 0.15) is 18.4 Å². The highest BCUT2D eigenvalue weighted by atomic mass is 16.2. The van der Waals surface area contributed by atoms with Crippen molar-refractivity contribution >= 4 is 17.7 Å². The lowest BCUT2D eigenvalue weighted by Gasteiger charge is -2.28. The zero-order valence-corrected chi connectivity index (χ0v) is 11.9. The zero-order valence-electron chi connectivity index (χ0n) is 11.9. The van der Waals surface area contributed by atoms with Gasteiger partial charge < -0.3 is 11.1 Å². The molecule has 1 aliphatic heterocycles. The Kier molecular flexibility index (Phi) is 4.70. The van der Waals surface area contributed by atoms with Gasteiger partial charge in [-0.1, -0.05) is 30.3 Å². The Labute approximate surface area is 123 Å². The first-order valence-corrected chi connectivity index (χ1v) is 6.89. The summed E-state index contributed by atoms with van der Waals surface area (Å²) in [6, 6.07) is 8.06. The van der Waals surface area contributed by atoms with Crippen LogP contribution in [-0.2, 0) is 20.8 Å². The van der Waals surface area contributed by atoms with Crippen LogP contribution >= 0.6 is 0 Å². The number of carbonyl (C=O) groups excluding carboxylic acids is 3. The van der Waals surface area contributed by atoms with Crippen molar-refractivity contribution in [3.8, 4) is 0 Å². The van der Waals surface area contributed by atoms with Crippen molar-refractivity contribution in [1.82, 2.24) is 10.2 Å². The van der Waals surface area contributed by atoms with Gasteiger partial charge in [-0.3, -0.25) is 19.3 Å². The summed E-state index contributed by atoms with van der Waals surface area (Å²) in [4.78, 5) is 36.4. The number of nitrogens with zero attached hydrogens (tertiary/aromatic N) is 1. The summed E-state index contributed by atoms with van der Waals surface area (Å²) in [7, 11) is 1.42. The number of benzene rings is 1. The lowest BCUT2D eigenvalue weighted by Crippen LogP contribution is -2.56. The van der Waals surface area contributed by atoms with Crippen LogP contribution in [0.3, 0.4) is 0 Å². The molecule has 0 radical (unpaired) electrons. The maximum absolute atomic E-state index is 12.1. The number of likely N-dealkylation sites (tertiary alicyclic amines) is 1. The average molecular weight is 289 g/mol. The second-order valence-corrected chi connectivity index (χ2v) is 5.19. The van der Waals surface area contributed by atoms with Crippen LogP contribution in [0.15, 0.2) is 30.3 Å². The second-order valence-electron chi connectivity index (χ2n) is 5.19. The standard InChI is InChI=1S/C15H19N3O3/c1-18-13(19)8-7-12(15(18)21)17-14(20)11(16)9-10-5-3-2-4-6-10/h2-6,11-12H,7-9,16H2,1H3,(H,17,20)/t11-,12?/m1/s1. The van der Waals surface area contributed by atoms with E-state index in [1.807, 2.05) is 30.3 Å². The maximum Gasteiger partial charge on any atom is 0.251 e. The largest absolute Gasteiger partial charge is 0.343 e. The summed E-state index contributed by atoms with van der Waals surface area (Å²) in [5, 5.41) is 2.63. The van der Waals surface area contributed by atoms with Crippen molar-refractivity contribution in [3.63, 3.8) is 0 Å². The first kappa shape index (κ1) is 15.2. The third-order valence-electron chi connectivity index (χ3n) is 3.60. The highest BCUT2D eigenvalue weighted by Crippen LogP contribution is 2.11. The number of rotatable bonds is 4. The van der Waals surface area contributed by atoms with E-state index >= 15 is 0 Å². The third kappa shape index (κ3) is 3.66. The molecule has 6 nitrogen and oxygen atoms in total. The summed E-state index contributed by atoms with van der Waals surface area (Å²) in [5.41, 5.74) is 6.83. The van der Waals surface area contributed by atoms with Gasteiger partial charge >= 0.3 is 0 Å². The molecule has 0 bridgehead atoms. The molecule has 2 atom stereocenters.